The molecule has 316 valence electrons. The Hall–Kier alpha value is -2.52. The molecule has 18 heteroatoms. The fourth-order valence-electron chi connectivity index (χ4n) is 3.76. The standard InChI is InChI=1S/C31H57NO17.2C2H6/c1-6-21(13-33)47-28(16-36)45-17-23(15-35)49-30(20-44-26(40)11-7-9-24(37)32-31(2,3)4)46-18-22(14-34)48-29(42-5)19-43-27(41)12-8-10-25(38)39;2*1-2/h21-23,28-30,33-36H,6-20H2,1-5H3,(H,32,37)(H,38,39);2*1-2H3/t21?,22?,23?,28-,29-,30-;;/m0../s1. The molecule has 6 atom stereocenters. The molecule has 0 aliphatic heterocycles. The van der Waals surface area contributed by atoms with Crippen LogP contribution < -0.4 is 5.32 Å². The molecule has 0 radical (unpaired) electrons. The van der Waals surface area contributed by atoms with Crippen molar-refractivity contribution in [1.29, 1.82) is 0 Å². The van der Waals surface area contributed by atoms with Crippen LogP contribution in [-0.4, -0.2) is 152 Å². The Kier molecular flexibility index (Phi) is 36.4. The average molecular weight is 776 g/mol. The lowest BCUT2D eigenvalue weighted by Gasteiger charge is -2.28. The number of aliphatic hydroxyl groups excluding tert-OH is 4. The molecule has 1 amide bonds. The van der Waals surface area contributed by atoms with Crippen molar-refractivity contribution in [3.05, 3.63) is 0 Å². The van der Waals surface area contributed by atoms with Crippen LogP contribution in [0.25, 0.3) is 0 Å². The van der Waals surface area contributed by atoms with Gasteiger partial charge in [0.05, 0.1) is 45.7 Å². The van der Waals surface area contributed by atoms with Crippen LogP contribution >= 0.6 is 0 Å². The van der Waals surface area contributed by atoms with Crippen LogP contribution in [0.3, 0.4) is 0 Å². The number of nitrogens with one attached hydrogen (secondary N) is 1. The maximum Gasteiger partial charge on any atom is 0.305 e. The Morgan fingerprint density at radius 2 is 1.04 bits per heavy atom. The average Bonchev–Trinajstić information content (AvgIpc) is 3.13. The SMILES string of the molecule is CC.CC.CCC(CO)O[C@@H](CO)OCC(CO)O[C@@H](COC(=O)CCCC(=O)NC(C)(C)C)OCC(CO)O[C@@H](COC(=O)CCCC(=O)O)OC. The van der Waals surface area contributed by atoms with Crippen molar-refractivity contribution in [2.75, 3.05) is 60.0 Å². The van der Waals surface area contributed by atoms with E-state index in [2.05, 4.69) is 5.32 Å². The fourth-order valence-corrected chi connectivity index (χ4v) is 3.76. The van der Waals surface area contributed by atoms with Crippen LogP contribution in [0.15, 0.2) is 0 Å². The van der Waals surface area contributed by atoms with Gasteiger partial charge in [-0.3, -0.25) is 19.2 Å². The van der Waals surface area contributed by atoms with E-state index in [1.54, 1.807) is 6.92 Å². The van der Waals surface area contributed by atoms with Crippen molar-refractivity contribution in [2.45, 2.75) is 143 Å². The number of methoxy groups -OCH3 is 1. The summed E-state index contributed by atoms with van der Waals surface area (Å²) in [6, 6.07) is 0. The molecule has 6 N–H and O–H groups in total. The number of carbonyl (C=O) groups excluding carboxylic acids is 3. The van der Waals surface area contributed by atoms with Crippen LogP contribution in [0, 0.1) is 0 Å². The van der Waals surface area contributed by atoms with E-state index in [1.807, 2.05) is 48.5 Å². The maximum atomic E-state index is 12.4. The van der Waals surface area contributed by atoms with E-state index in [9.17, 15) is 39.6 Å². The molecule has 0 rings (SSSR count). The number of ether oxygens (including phenoxy) is 8. The van der Waals surface area contributed by atoms with Gasteiger partial charge in [-0.2, -0.15) is 0 Å². The largest absolute Gasteiger partial charge is 0.481 e. The summed E-state index contributed by atoms with van der Waals surface area (Å²) in [6.07, 6.45) is -5.84. The zero-order chi connectivity index (χ0) is 41.2. The molecule has 0 aromatic carbocycles. The number of hydrogen-bond acceptors (Lipinski definition) is 16. The second-order valence-corrected chi connectivity index (χ2v) is 11.9. The molecule has 0 bridgehead atoms. The van der Waals surface area contributed by atoms with E-state index in [-0.39, 0.29) is 70.9 Å². The molecule has 0 saturated heterocycles. The summed E-state index contributed by atoms with van der Waals surface area (Å²) in [5, 5.41) is 50.2. The van der Waals surface area contributed by atoms with Crippen LogP contribution in [0.1, 0.15) is 100 Å². The highest BCUT2D eigenvalue weighted by Gasteiger charge is 2.25. The number of rotatable bonds is 30. The minimum atomic E-state index is -1.33. The van der Waals surface area contributed by atoms with Crippen LogP contribution in [0.2, 0.25) is 0 Å². The summed E-state index contributed by atoms with van der Waals surface area (Å²) in [4.78, 5) is 47.0. The second kappa shape index (κ2) is 35.2. The van der Waals surface area contributed by atoms with Crippen molar-refractivity contribution in [3.63, 3.8) is 0 Å². The highest BCUT2D eigenvalue weighted by atomic mass is 16.7. The molecular formula is C35H69NO17. The van der Waals surface area contributed by atoms with Crippen LogP contribution in [0.5, 0.6) is 0 Å². The van der Waals surface area contributed by atoms with E-state index in [1.165, 1.54) is 7.11 Å². The third kappa shape index (κ3) is 32.6. The van der Waals surface area contributed by atoms with E-state index >= 15 is 0 Å². The van der Waals surface area contributed by atoms with Crippen molar-refractivity contribution in [2.24, 2.45) is 0 Å². The highest BCUT2D eigenvalue weighted by molar-refractivity contribution is 5.77. The van der Waals surface area contributed by atoms with Gasteiger partial charge in [-0.15, -0.1) is 0 Å². The zero-order valence-electron chi connectivity index (χ0n) is 33.2. The van der Waals surface area contributed by atoms with E-state index in [0.29, 0.717) is 6.42 Å². The first-order chi connectivity index (χ1) is 25.2. The fraction of sp³-hybridized carbons (Fsp3) is 0.886. The summed E-state index contributed by atoms with van der Waals surface area (Å²) in [7, 11) is 1.27. The molecule has 0 fully saturated rings. The van der Waals surface area contributed by atoms with Crippen molar-refractivity contribution in [3.8, 4) is 0 Å². The monoisotopic (exact) mass is 775 g/mol. The molecule has 18 nitrogen and oxygen atoms in total. The third-order valence-corrected chi connectivity index (χ3v) is 6.28. The maximum absolute atomic E-state index is 12.4. The predicted octanol–water partition coefficient (Wildman–Crippen LogP) is 1.66. The van der Waals surface area contributed by atoms with Gasteiger partial charge >= 0.3 is 17.9 Å². The van der Waals surface area contributed by atoms with Crippen molar-refractivity contribution < 1.29 is 82.6 Å². The minimum Gasteiger partial charge on any atom is -0.481 e. The van der Waals surface area contributed by atoms with Gasteiger partial charge in [-0.1, -0.05) is 34.6 Å². The third-order valence-electron chi connectivity index (χ3n) is 6.28. The van der Waals surface area contributed by atoms with Gasteiger partial charge in [0.25, 0.3) is 0 Å². The summed E-state index contributed by atoms with van der Waals surface area (Å²) >= 11 is 0. The van der Waals surface area contributed by atoms with Crippen LogP contribution in [-0.2, 0) is 57.1 Å². The topological polar surface area (TPSA) is 255 Å². The predicted molar refractivity (Wildman–Crippen MR) is 191 cm³/mol. The van der Waals surface area contributed by atoms with Crippen molar-refractivity contribution >= 4 is 23.8 Å². The number of carbonyl (C=O) groups is 4. The number of aliphatic hydroxyl groups is 4. The number of hydrogen-bond donors (Lipinski definition) is 6. The molecule has 0 saturated carbocycles. The van der Waals surface area contributed by atoms with Crippen LogP contribution in [0.4, 0.5) is 0 Å². The van der Waals surface area contributed by atoms with Gasteiger partial charge in [0.2, 0.25) is 5.91 Å². The first kappa shape index (κ1) is 54.8. The molecule has 0 aliphatic rings. The molecule has 0 aromatic heterocycles. The minimum absolute atomic E-state index is 0.0806. The Morgan fingerprint density at radius 3 is 1.45 bits per heavy atom. The lowest BCUT2D eigenvalue weighted by Crippen LogP contribution is -2.40. The van der Waals surface area contributed by atoms with Gasteiger partial charge < -0.3 is 68.7 Å². The smallest absolute Gasteiger partial charge is 0.305 e. The number of carboxylic acids is 1. The summed E-state index contributed by atoms with van der Waals surface area (Å²) in [5.74, 6) is -2.58. The molecule has 0 heterocycles. The van der Waals surface area contributed by atoms with Gasteiger partial charge in [0, 0.05) is 38.3 Å². The number of amides is 1. The quantitative estimate of drug-likeness (QED) is 0.0448. The molecule has 0 aliphatic carbocycles. The molecule has 0 aromatic rings. The Labute approximate surface area is 314 Å². The first-order valence-corrected chi connectivity index (χ1v) is 18.2. The van der Waals surface area contributed by atoms with Crippen molar-refractivity contribution in [1.82, 2.24) is 5.32 Å². The zero-order valence-corrected chi connectivity index (χ0v) is 33.2. The Bertz CT molecular complexity index is 914. The summed E-state index contributed by atoms with van der Waals surface area (Å²) < 4.78 is 43.5. The Balaban J connectivity index is -0.00000602. The van der Waals surface area contributed by atoms with Gasteiger partial charge in [-0.25, -0.2) is 0 Å². The molecule has 53 heavy (non-hydrogen) atoms. The van der Waals surface area contributed by atoms with Gasteiger partial charge in [0.1, 0.15) is 25.4 Å². The number of aliphatic carboxylic acids is 1. The molecular weight excluding hydrogens is 706 g/mol. The Morgan fingerprint density at radius 1 is 0.604 bits per heavy atom. The summed E-state index contributed by atoms with van der Waals surface area (Å²) in [6.45, 7) is 11.8. The highest BCUT2D eigenvalue weighted by Crippen LogP contribution is 2.11. The van der Waals surface area contributed by atoms with E-state index in [0.717, 1.165) is 0 Å². The van der Waals surface area contributed by atoms with E-state index in [4.69, 9.17) is 43.0 Å². The summed E-state index contributed by atoms with van der Waals surface area (Å²) in [5.41, 5.74) is -0.417. The van der Waals surface area contributed by atoms with Gasteiger partial charge in [-0.05, 0) is 40.0 Å². The molecule has 0 spiro atoms. The van der Waals surface area contributed by atoms with E-state index < -0.39 is 87.1 Å². The first-order valence-electron chi connectivity index (χ1n) is 18.2. The number of esters is 2. The lowest BCUT2D eigenvalue weighted by molar-refractivity contribution is -0.254. The molecule has 3 unspecified atom stereocenters. The lowest BCUT2D eigenvalue weighted by atomic mass is 10.1. The second-order valence-electron chi connectivity index (χ2n) is 11.9. The normalized spacial score (nSPS) is 14.5. The van der Waals surface area contributed by atoms with Gasteiger partial charge in [0.15, 0.2) is 18.9 Å². The number of carboxylic acid groups (broad SMARTS) is 1.